The van der Waals surface area contributed by atoms with Gasteiger partial charge >= 0.3 is 0 Å². The van der Waals surface area contributed by atoms with Crippen molar-refractivity contribution < 1.29 is 17.9 Å². The maximum atomic E-state index is 12.6. The minimum Gasteiger partial charge on any atom is -0.496 e. The van der Waals surface area contributed by atoms with E-state index in [2.05, 4.69) is 10.0 Å². The number of amides is 1. The van der Waals surface area contributed by atoms with Crippen LogP contribution in [0.5, 0.6) is 5.75 Å². The van der Waals surface area contributed by atoms with Crippen LogP contribution >= 0.6 is 11.6 Å². The predicted octanol–water partition coefficient (Wildman–Crippen LogP) is 2.97. The molecule has 0 aromatic heterocycles. The van der Waals surface area contributed by atoms with Gasteiger partial charge in [0.1, 0.15) is 5.75 Å². The van der Waals surface area contributed by atoms with E-state index in [0.29, 0.717) is 10.8 Å². The lowest BCUT2D eigenvalue weighted by Gasteiger charge is -2.13. The third kappa shape index (κ3) is 5.20. The Balaban J connectivity index is 2.27. The van der Waals surface area contributed by atoms with Gasteiger partial charge in [-0.15, -0.1) is 0 Å². The molecule has 0 atom stereocenters. The van der Waals surface area contributed by atoms with Crippen molar-refractivity contribution in [3.63, 3.8) is 0 Å². The van der Waals surface area contributed by atoms with E-state index in [0.717, 1.165) is 5.56 Å². The fourth-order valence-electron chi connectivity index (χ4n) is 2.28. The number of sulfonamides is 1. The fraction of sp³-hybridized carbons (Fsp3) is 0.278. The summed E-state index contributed by atoms with van der Waals surface area (Å²) in [7, 11) is -2.39. The molecule has 0 fully saturated rings. The van der Waals surface area contributed by atoms with Gasteiger partial charge in [0, 0.05) is 17.6 Å². The lowest BCUT2D eigenvalue weighted by Crippen LogP contribution is -2.31. The van der Waals surface area contributed by atoms with Crippen molar-refractivity contribution in [1.29, 1.82) is 0 Å². The van der Waals surface area contributed by atoms with Gasteiger partial charge in [-0.2, -0.15) is 0 Å². The highest BCUT2D eigenvalue weighted by Gasteiger charge is 2.20. The first-order valence-corrected chi connectivity index (χ1v) is 9.82. The van der Waals surface area contributed by atoms with Crippen LogP contribution in [0.1, 0.15) is 29.8 Å². The van der Waals surface area contributed by atoms with Crippen molar-refractivity contribution in [2.24, 2.45) is 0 Å². The number of rotatable bonds is 7. The van der Waals surface area contributed by atoms with E-state index in [9.17, 15) is 13.2 Å². The van der Waals surface area contributed by atoms with Crippen LogP contribution in [-0.4, -0.2) is 27.5 Å². The van der Waals surface area contributed by atoms with E-state index in [-0.39, 0.29) is 23.0 Å². The highest BCUT2D eigenvalue weighted by Crippen LogP contribution is 2.23. The molecule has 0 aliphatic rings. The van der Waals surface area contributed by atoms with E-state index in [1.54, 1.807) is 24.3 Å². The maximum absolute atomic E-state index is 12.6. The topological polar surface area (TPSA) is 84.5 Å². The summed E-state index contributed by atoms with van der Waals surface area (Å²) in [5.41, 5.74) is 0.888. The van der Waals surface area contributed by atoms with E-state index in [1.807, 2.05) is 13.8 Å². The van der Waals surface area contributed by atoms with Crippen LogP contribution in [0.3, 0.4) is 0 Å². The molecule has 0 spiro atoms. The molecule has 2 aromatic carbocycles. The zero-order valence-electron chi connectivity index (χ0n) is 14.7. The van der Waals surface area contributed by atoms with E-state index < -0.39 is 15.9 Å². The minimum absolute atomic E-state index is 0.0192. The number of nitrogens with one attached hydrogen (secondary N) is 2. The molecule has 140 valence electrons. The van der Waals surface area contributed by atoms with Gasteiger partial charge in [0.05, 0.1) is 17.6 Å². The molecular weight excluding hydrogens is 376 g/mol. The third-order valence-electron chi connectivity index (χ3n) is 3.50. The summed E-state index contributed by atoms with van der Waals surface area (Å²) in [6.45, 7) is 3.72. The van der Waals surface area contributed by atoms with Crippen molar-refractivity contribution in [3.05, 3.63) is 58.6 Å². The first kappa shape index (κ1) is 20.2. The van der Waals surface area contributed by atoms with Crippen LogP contribution in [-0.2, 0) is 16.6 Å². The van der Waals surface area contributed by atoms with Crippen molar-refractivity contribution in [3.8, 4) is 5.75 Å². The van der Waals surface area contributed by atoms with Gasteiger partial charge < -0.3 is 10.1 Å². The SMILES string of the molecule is COc1ccc(S(=O)(=O)NCc2cccc(Cl)c2)cc1C(=O)NC(C)C. The van der Waals surface area contributed by atoms with Gasteiger partial charge in [-0.3, -0.25) is 4.79 Å². The van der Waals surface area contributed by atoms with Gasteiger partial charge in [-0.25, -0.2) is 13.1 Å². The van der Waals surface area contributed by atoms with Crippen LogP contribution in [0.15, 0.2) is 47.4 Å². The van der Waals surface area contributed by atoms with Gasteiger partial charge in [0.25, 0.3) is 5.91 Å². The molecule has 0 aliphatic heterocycles. The third-order valence-corrected chi connectivity index (χ3v) is 5.13. The van der Waals surface area contributed by atoms with Crippen LogP contribution in [0.2, 0.25) is 5.02 Å². The summed E-state index contributed by atoms with van der Waals surface area (Å²) in [6.07, 6.45) is 0. The summed E-state index contributed by atoms with van der Waals surface area (Å²) in [5, 5.41) is 3.25. The molecule has 0 heterocycles. The summed E-state index contributed by atoms with van der Waals surface area (Å²) in [6, 6.07) is 11.0. The second kappa shape index (κ2) is 8.53. The molecule has 0 radical (unpaired) electrons. The number of benzene rings is 2. The standard InChI is InChI=1S/C18H21ClN2O4S/c1-12(2)21-18(22)16-10-15(7-8-17(16)25-3)26(23,24)20-11-13-5-4-6-14(19)9-13/h4-10,12,20H,11H2,1-3H3,(H,21,22). The van der Waals surface area contributed by atoms with Crippen LogP contribution in [0, 0.1) is 0 Å². The molecule has 0 unspecified atom stereocenters. The molecule has 2 rings (SSSR count). The van der Waals surface area contributed by atoms with E-state index in [4.69, 9.17) is 16.3 Å². The smallest absolute Gasteiger partial charge is 0.255 e. The molecule has 0 saturated carbocycles. The Morgan fingerprint density at radius 2 is 1.92 bits per heavy atom. The average molecular weight is 397 g/mol. The fourth-order valence-corrected chi connectivity index (χ4v) is 3.54. The Labute approximate surface area is 158 Å². The molecule has 1 amide bonds. The highest BCUT2D eigenvalue weighted by molar-refractivity contribution is 7.89. The van der Waals surface area contributed by atoms with Crippen LogP contribution < -0.4 is 14.8 Å². The summed E-state index contributed by atoms with van der Waals surface area (Å²) < 4.78 is 32.8. The molecule has 2 aromatic rings. The molecule has 0 saturated heterocycles. The largest absolute Gasteiger partial charge is 0.496 e. The molecular formula is C18H21ClN2O4S. The van der Waals surface area contributed by atoms with E-state index in [1.165, 1.54) is 25.3 Å². The number of ether oxygens (including phenoxy) is 1. The van der Waals surface area contributed by atoms with E-state index >= 15 is 0 Å². The Morgan fingerprint density at radius 3 is 2.54 bits per heavy atom. The first-order valence-electron chi connectivity index (χ1n) is 7.96. The summed E-state index contributed by atoms with van der Waals surface area (Å²) >= 11 is 5.91. The molecule has 0 aliphatic carbocycles. The second-order valence-corrected chi connectivity index (χ2v) is 8.15. The van der Waals surface area contributed by atoms with Gasteiger partial charge in [-0.1, -0.05) is 23.7 Å². The molecule has 0 bridgehead atoms. The number of carbonyl (C=O) groups is 1. The number of halogens is 1. The zero-order chi connectivity index (χ0) is 19.3. The van der Waals surface area contributed by atoms with Gasteiger partial charge in [0.15, 0.2) is 0 Å². The predicted molar refractivity (Wildman–Crippen MR) is 101 cm³/mol. The quantitative estimate of drug-likeness (QED) is 0.753. The zero-order valence-corrected chi connectivity index (χ0v) is 16.3. The molecule has 2 N–H and O–H groups in total. The Hall–Kier alpha value is -2.09. The average Bonchev–Trinajstić information content (AvgIpc) is 2.59. The highest BCUT2D eigenvalue weighted by atomic mass is 35.5. The maximum Gasteiger partial charge on any atom is 0.255 e. The van der Waals surface area contributed by atoms with Crippen LogP contribution in [0.4, 0.5) is 0 Å². The number of carbonyl (C=O) groups excluding carboxylic acids is 1. The molecule has 6 nitrogen and oxygen atoms in total. The normalized spacial score (nSPS) is 11.4. The van der Waals surface area contributed by atoms with Crippen molar-refractivity contribution >= 4 is 27.5 Å². The second-order valence-electron chi connectivity index (χ2n) is 5.94. The van der Waals surface area contributed by atoms with Gasteiger partial charge in [0.2, 0.25) is 10.0 Å². The minimum atomic E-state index is -3.81. The number of hydrogen-bond acceptors (Lipinski definition) is 4. The first-order chi connectivity index (χ1) is 12.2. The van der Waals surface area contributed by atoms with Gasteiger partial charge in [-0.05, 0) is 49.7 Å². The van der Waals surface area contributed by atoms with Crippen molar-refractivity contribution in [1.82, 2.24) is 10.0 Å². The Kier molecular flexibility index (Phi) is 6.63. The van der Waals surface area contributed by atoms with Crippen molar-refractivity contribution in [2.75, 3.05) is 7.11 Å². The lowest BCUT2D eigenvalue weighted by molar-refractivity contribution is 0.0940. The summed E-state index contributed by atoms with van der Waals surface area (Å²) in [4.78, 5) is 12.3. The number of methoxy groups -OCH3 is 1. The molecule has 8 heteroatoms. The molecule has 26 heavy (non-hydrogen) atoms. The monoisotopic (exact) mass is 396 g/mol. The van der Waals surface area contributed by atoms with Crippen LogP contribution in [0.25, 0.3) is 0 Å². The summed E-state index contributed by atoms with van der Waals surface area (Å²) in [5.74, 6) is -0.0966. The number of hydrogen-bond donors (Lipinski definition) is 2. The lowest BCUT2D eigenvalue weighted by atomic mass is 10.2. The van der Waals surface area contributed by atoms with Crippen molar-refractivity contribution in [2.45, 2.75) is 31.3 Å². The Morgan fingerprint density at radius 1 is 1.19 bits per heavy atom. The Bertz CT molecular complexity index is 898.